The topological polar surface area (TPSA) is 45.3 Å². The Morgan fingerprint density at radius 1 is 1.24 bits per heavy atom. The molecule has 0 amide bonds. The Balaban J connectivity index is 1.89. The fourth-order valence-electron chi connectivity index (χ4n) is 4.69. The van der Waals surface area contributed by atoms with Crippen molar-refractivity contribution >= 4 is 22.9 Å². The van der Waals surface area contributed by atoms with Gasteiger partial charge in [-0.05, 0) is 62.6 Å². The highest BCUT2D eigenvalue weighted by Crippen LogP contribution is 2.43. The predicted octanol–water partition coefficient (Wildman–Crippen LogP) is 5.72. The van der Waals surface area contributed by atoms with E-state index in [1.807, 2.05) is 36.1 Å². The lowest BCUT2D eigenvalue weighted by molar-refractivity contribution is -0.134. The van der Waals surface area contributed by atoms with Crippen molar-refractivity contribution in [3.8, 4) is 0 Å². The van der Waals surface area contributed by atoms with Crippen molar-refractivity contribution in [1.82, 2.24) is 9.88 Å². The van der Waals surface area contributed by atoms with Crippen molar-refractivity contribution in [2.24, 2.45) is 0 Å². The minimum absolute atomic E-state index is 0.0104. The molecule has 0 radical (unpaired) electrons. The molecule has 1 aromatic heterocycles. The average Bonchev–Trinajstić information content (AvgIpc) is 3.10. The first-order valence-corrected chi connectivity index (χ1v) is 10.9. The molecule has 1 aliphatic rings. The molecular weight excluding hydrogens is 429 g/mol. The zero-order chi connectivity index (χ0) is 23.9. The van der Waals surface area contributed by atoms with Crippen LogP contribution >= 0.6 is 0 Å². The Hall–Kier alpha value is -3.06. The molecule has 0 saturated carbocycles. The van der Waals surface area contributed by atoms with Crippen LogP contribution in [0.1, 0.15) is 49.2 Å². The maximum absolute atomic E-state index is 15.5. The van der Waals surface area contributed by atoms with E-state index in [1.165, 1.54) is 39.2 Å². The third-order valence-electron chi connectivity index (χ3n) is 6.06. The Morgan fingerprint density at radius 3 is 2.55 bits per heavy atom. The number of esters is 1. The normalized spacial score (nSPS) is 19.2. The summed E-state index contributed by atoms with van der Waals surface area (Å²) in [5.41, 5.74) is 1.02. The number of alkyl halides is 1. The number of carbonyl (C=O) groups excluding carboxylic acids is 1. The van der Waals surface area contributed by atoms with Gasteiger partial charge in [0.25, 0.3) is 0 Å². The number of aromatic nitrogens is 1. The third-order valence-corrected chi connectivity index (χ3v) is 6.06. The van der Waals surface area contributed by atoms with E-state index in [9.17, 15) is 9.18 Å². The van der Waals surface area contributed by atoms with Crippen LogP contribution in [0.25, 0.3) is 17.0 Å². The number of ether oxygens (including phenoxy) is 1. The summed E-state index contributed by atoms with van der Waals surface area (Å²) < 4.78 is 50.3. The van der Waals surface area contributed by atoms with Crippen LogP contribution in [-0.4, -0.2) is 41.2 Å². The number of hydrogen-bond acceptors (Lipinski definition) is 3. The van der Waals surface area contributed by atoms with E-state index >= 15 is 8.78 Å². The minimum atomic E-state index is -1.56. The molecule has 4 rings (SSSR count). The highest BCUT2D eigenvalue weighted by atomic mass is 19.1. The highest BCUT2D eigenvalue weighted by molar-refractivity contribution is 5.87. The van der Waals surface area contributed by atoms with E-state index in [4.69, 9.17) is 0 Å². The summed E-state index contributed by atoms with van der Waals surface area (Å²) in [6.07, 6.45) is 3.03. The Kier molecular flexibility index (Phi) is 6.10. The summed E-state index contributed by atoms with van der Waals surface area (Å²) >= 11 is 0. The fraction of sp³-hybridized carbons (Fsp3) is 0.346. The maximum Gasteiger partial charge on any atom is 0.330 e. The number of rotatable bonds is 5. The predicted molar refractivity (Wildman–Crippen MR) is 123 cm³/mol. The van der Waals surface area contributed by atoms with Gasteiger partial charge < -0.3 is 9.72 Å². The van der Waals surface area contributed by atoms with E-state index in [0.717, 1.165) is 22.5 Å². The van der Waals surface area contributed by atoms with Gasteiger partial charge >= 0.3 is 5.97 Å². The number of para-hydroxylation sites is 1. The second-order valence-corrected chi connectivity index (χ2v) is 9.16. The quantitative estimate of drug-likeness (QED) is 0.395. The van der Waals surface area contributed by atoms with E-state index in [-0.39, 0.29) is 23.7 Å². The molecule has 3 aromatic rings. The van der Waals surface area contributed by atoms with Crippen LogP contribution in [-0.2, 0) is 16.0 Å². The lowest BCUT2D eigenvalue weighted by Gasteiger charge is -2.43. The molecule has 0 spiro atoms. The van der Waals surface area contributed by atoms with Gasteiger partial charge in [-0.2, -0.15) is 0 Å². The van der Waals surface area contributed by atoms with Crippen molar-refractivity contribution in [2.45, 2.75) is 44.9 Å². The summed E-state index contributed by atoms with van der Waals surface area (Å²) in [5.74, 6) is -2.14. The molecular formula is C26H27F3N2O2. The number of aromatic amines is 1. The second-order valence-electron chi connectivity index (χ2n) is 9.16. The third kappa shape index (κ3) is 4.55. The van der Waals surface area contributed by atoms with Gasteiger partial charge in [-0.25, -0.2) is 18.0 Å². The van der Waals surface area contributed by atoms with Crippen LogP contribution in [0.5, 0.6) is 0 Å². The van der Waals surface area contributed by atoms with Crippen molar-refractivity contribution in [3.63, 3.8) is 0 Å². The smallest absolute Gasteiger partial charge is 0.330 e. The standard InChI is InChI=1S/C26H27F3N2O2/c1-15-11-18-17-7-5-6-8-21(17)30-24(18)25(31(15)14-26(2,3)29)23-19(27)12-16(13-20(23)28)9-10-22(32)33-4/h5-10,12-13,15,25,30H,11,14H2,1-4H3/b10-9+/t15-,25?/m1/s1. The van der Waals surface area contributed by atoms with Gasteiger partial charge in [0.2, 0.25) is 0 Å². The van der Waals surface area contributed by atoms with Crippen LogP contribution in [0.15, 0.2) is 42.5 Å². The molecule has 1 aliphatic heterocycles. The van der Waals surface area contributed by atoms with Gasteiger partial charge in [0.15, 0.2) is 0 Å². The molecule has 7 heteroatoms. The molecule has 2 heterocycles. The highest BCUT2D eigenvalue weighted by Gasteiger charge is 2.40. The van der Waals surface area contributed by atoms with E-state index < -0.39 is 29.3 Å². The minimum Gasteiger partial charge on any atom is -0.466 e. The maximum atomic E-state index is 15.5. The van der Waals surface area contributed by atoms with Crippen LogP contribution in [0, 0.1) is 11.6 Å². The van der Waals surface area contributed by atoms with Crippen molar-refractivity contribution in [3.05, 3.63) is 76.5 Å². The van der Waals surface area contributed by atoms with Crippen LogP contribution in [0.2, 0.25) is 0 Å². The largest absolute Gasteiger partial charge is 0.466 e. The molecule has 0 fully saturated rings. The zero-order valence-corrected chi connectivity index (χ0v) is 19.1. The lowest BCUT2D eigenvalue weighted by atomic mass is 9.87. The van der Waals surface area contributed by atoms with E-state index in [2.05, 4.69) is 9.72 Å². The number of methoxy groups -OCH3 is 1. The van der Waals surface area contributed by atoms with E-state index in [0.29, 0.717) is 12.1 Å². The molecule has 0 bridgehead atoms. The molecule has 1 N–H and O–H groups in total. The van der Waals surface area contributed by atoms with Gasteiger partial charge in [-0.3, -0.25) is 4.90 Å². The number of hydrogen-bond donors (Lipinski definition) is 1. The summed E-state index contributed by atoms with van der Waals surface area (Å²) in [4.78, 5) is 16.5. The van der Waals surface area contributed by atoms with Gasteiger partial charge in [-0.1, -0.05) is 18.2 Å². The van der Waals surface area contributed by atoms with Gasteiger partial charge in [0, 0.05) is 40.8 Å². The Morgan fingerprint density at radius 2 is 1.91 bits per heavy atom. The van der Waals surface area contributed by atoms with Gasteiger partial charge in [0.05, 0.1) is 13.2 Å². The number of fused-ring (bicyclic) bond motifs is 3. The first-order chi connectivity index (χ1) is 15.6. The number of halogens is 3. The lowest BCUT2D eigenvalue weighted by Crippen LogP contribution is -2.48. The monoisotopic (exact) mass is 456 g/mol. The summed E-state index contributed by atoms with van der Waals surface area (Å²) in [6, 6.07) is 9.12. The molecule has 174 valence electrons. The zero-order valence-electron chi connectivity index (χ0n) is 19.1. The molecule has 0 aliphatic carbocycles. The first kappa shape index (κ1) is 23.1. The molecule has 2 atom stereocenters. The summed E-state index contributed by atoms with van der Waals surface area (Å²) in [6.45, 7) is 4.89. The molecule has 33 heavy (non-hydrogen) atoms. The van der Waals surface area contributed by atoms with E-state index in [1.54, 1.807) is 0 Å². The molecule has 2 aromatic carbocycles. The SMILES string of the molecule is COC(=O)/C=C/c1cc(F)c(C2c3[nH]c4ccccc4c3C[C@@H](C)N2CC(C)(C)F)c(F)c1. The van der Waals surface area contributed by atoms with Crippen LogP contribution in [0.3, 0.4) is 0 Å². The average molecular weight is 457 g/mol. The number of nitrogens with one attached hydrogen (secondary N) is 1. The summed E-state index contributed by atoms with van der Waals surface area (Å²) in [7, 11) is 1.22. The van der Waals surface area contributed by atoms with Crippen molar-refractivity contribution in [1.29, 1.82) is 0 Å². The van der Waals surface area contributed by atoms with Gasteiger partial charge in [0.1, 0.15) is 17.3 Å². The first-order valence-electron chi connectivity index (χ1n) is 10.9. The number of H-pyrrole nitrogens is 1. The number of benzene rings is 2. The Labute approximate surface area is 191 Å². The fourth-order valence-corrected chi connectivity index (χ4v) is 4.69. The number of nitrogens with zero attached hydrogens (tertiary/aromatic N) is 1. The molecule has 1 unspecified atom stereocenters. The Bertz CT molecular complexity index is 1200. The van der Waals surface area contributed by atoms with Crippen LogP contribution < -0.4 is 0 Å². The molecule has 0 saturated heterocycles. The van der Waals surface area contributed by atoms with Crippen molar-refractivity contribution < 1.29 is 22.7 Å². The molecule has 4 nitrogen and oxygen atoms in total. The second kappa shape index (κ2) is 8.71. The van der Waals surface area contributed by atoms with Crippen molar-refractivity contribution in [2.75, 3.05) is 13.7 Å². The van der Waals surface area contributed by atoms with Crippen LogP contribution in [0.4, 0.5) is 13.2 Å². The summed E-state index contributed by atoms with van der Waals surface area (Å²) in [5, 5.41) is 1.00. The van der Waals surface area contributed by atoms with Gasteiger partial charge in [-0.15, -0.1) is 0 Å². The number of carbonyl (C=O) groups is 1.